The molecule has 0 fully saturated rings. The molecule has 0 spiro atoms. The molecule has 0 aliphatic heterocycles. The molecule has 7 heteroatoms. The van der Waals surface area contributed by atoms with Gasteiger partial charge in [-0.1, -0.05) is 72.8 Å². The van der Waals surface area contributed by atoms with Gasteiger partial charge in [0.2, 0.25) is 0 Å². The van der Waals surface area contributed by atoms with E-state index in [4.69, 9.17) is 4.42 Å². The summed E-state index contributed by atoms with van der Waals surface area (Å²) in [6, 6.07) is 52.3. The van der Waals surface area contributed by atoms with Crippen LogP contribution in [0.5, 0.6) is 0 Å². The van der Waals surface area contributed by atoms with Gasteiger partial charge in [0.25, 0.3) is 0 Å². The first kappa shape index (κ1) is 29.8. The quantitative estimate of drug-likeness (QED) is 0.185. The average molecular weight is 675 g/mol. The first-order chi connectivity index (χ1) is 26.1. The minimum atomic E-state index is 0.0820. The van der Waals surface area contributed by atoms with E-state index in [1.165, 1.54) is 6.07 Å². The molecular formula is C46H22N6O. The second-order valence-electron chi connectivity index (χ2n) is 13.0. The highest BCUT2D eigenvalue weighted by molar-refractivity contribution is 6.17. The maximum Gasteiger partial charge on any atom is 0.136 e. The van der Waals surface area contributed by atoms with Gasteiger partial charge in [-0.25, -0.2) is 0 Å². The Morgan fingerprint density at radius 1 is 0.434 bits per heavy atom. The zero-order valence-corrected chi connectivity index (χ0v) is 27.8. The van der Waals surface area contributed by atoms with Crippen LogP contribution in [0.15, 0.2) is 138 Å². The second kappa shape index (κ2) is 11.2. The molecule has 0 saturated heterocycles. The SMILES string of the molecule is N#Cc1cc(-c2c(C#N)c(C#N)cc(C#N)c2-n2c3ccccc3c3ccccc32)cc(-n2c3ccccc3c3cc4oc5ccccc5c4cc32)c1. The zero-order chi connectivity index (χ0) is 35.8. The number of para-hydroxylation sites is 4. The number of benzene rings is 7. The van der Waals surface area contributed by atoms with Crippen molar-refractivity contribution >= 4 is 65.6 Å². The minimum absolute atomic E-state index is 0.0820. The summed E-state index contributed by atoms with van der Waals surface area (Å²) in [7, 11) is 0. The molecule has 3 aromatic heterocycles. The van der Waals surface area contributed by atoms with Crippen molar-refractivity contribution < 1.29 is 4.42 Å². The summed E-state index contributed by atoms with van der Waals surface area (Å²) in [6.45, 7) is 0. The molecule has 10 aromatic rings. The maximum atomic E-state index is 10.8. The van der Waals surface area contributed by atoms with E-state index in [1.54, 1.807) is 6.07 Å². The summed E-state index contributed by atoms with van der Waals surface area (Å²) in [5, 5.41) is 48.2. The fourth-order valence-corrected chi connectivity index (χ4v) is 8.05. The highest BCUT2D eigenvalue weighted by Crippen LogP contribution is 2.43. The smallest absolute Gasteiger partial charge is 0.136 e. The molecule has 3 heterocycles. The van der Waals surface area contributed by atoms with E-state index in [1.807, 2.05) is 108 Å². The van der Waals surface area contributed by atoms with Gasteiger partial charge in [0.1, 0.15) is 29.4 Å². The van der Waals surface area contributed by atoms with E-state index in [0.29, 0.717) is 28.1 Å². The number of aromatic nitrogens is 2. The van der Waals surface area contributed by atoms with E-state index in [0.717, 1.165) is 65.6 Å². The molecule has 0 aliphatic carbocycles. The van der Waals surface area contributed by atoms with Crippen LogP contribution in [0.1, 0.15) is 22.3 Å². The van der Waals surface area contributed by atoms with Crippen LogP contribution in [0.4, 0.5) is 0 Å². The van der Waals surface area contributed by atoms with Crippen molar-refractivity contribution in [3.8, 4) is 46.8 Å². The summed E-state index contributed by atoms with van der Waals surface area (Å²) in [5.41, 5.74) is 7.98. The number of nitrogens with zero attached hydrogens (tertiary/aromatic N) is 6. The van der Waals surface area contributed by atoms with Crippen molar-refractivity contribution in [2.24, 2.45) is 0 Å². The first-order valence-electron chi connectivity index (χ1n) is 16.9. The van der Waals surface area contributed by atoms with Crippen molar-refractivity contribution in [1.82, 2.24) is 9.13 Å². The number of fused-ring (bicyclic) bond motifs is 9. The number of hydrogen-bond donors (Lipinski definition) is 0. The monoisotopic (exact) mass is 674 g/mol. The first-order valence-corrected chi connectivity index (χ1v) is 16.9. The largest absolute Gasteiger partial charge is 0.456 e. The Kier molecular flexibility index (Phi) is 6.30. The van der Waals surface area contributed by atoms with E-state index in [2.05, 4.69) is 47.0 Å². The van der Waals surface area contributed by atoms with Crippen LogP contribution < -0.4 is 0 Å². The van der Waals surface area contributed by atoms with Gasteiger partial charge >= 0.3 is 0 Å². The summed E-state index contributed by atoms with van der Waals surface area (Å²) in [5.74, 6) is 0. The Morgan fingerprint density at radius 2 is 1.04 bits per heavy atom. The lowest BCUT2D eigenvalue weighted by Crippen LogP contribution is -2.06. The lowest BCUT2D eigenvalue weighted by atomic mass is 9.90. The molecule has 0 bridgehead atoms. The Balaban J connectivity index is 1.35. The van der Waals surface area contributed by atoms with E-state index in [-0.39, 0.29) is 16.7 Å². The van der Waals surface area contributed by atoms with E-state index < -0.39 is 0 Å². The van der Waals surface area contributed by atoms with Crippen molar-refractivity contribution in [3.63, 3.8) is 0 Å². The molecule has 0 aliphatic rings. The molecule has 53 heavy (non-hydrogen) atoms. The molecule has 7 aromatic carbocycles. The van der Waals surface area contributed by atoms with Crippen LogP contribution in [-0.4, -0.2) is 9.13 Å². The third-order valence-corrected chi connectivity index (χ3v) is 10.2. The molecule has 0 atom stereocenters. The lowest BCUT2D eigenvalue weighted by Gasteiger charge is -2.19. The molecule has 7 nitrogen and oxygen atoms in total. The zero-order valence-electron chi connectivity index (χ0n) is 27.8. The van der Waals surface area contributed by atoms with Gasteiger partial charge in [-0.05, 0) is 66.2 Å². The molecule has 0 saturated carbocycles. The Bertz CT molecular complexity index is 3350. The number of furan rings is 1. The van der Waals surface area contributed by atoms with Crippen molar-refractivity contribution in [2.45, 2.75) is 0 Å². The van der Waals surface area contributed by atoms with Gasteiger partial charge in [-0.2, -0.15) is 21.0 Å². The summed E-state index contributed by atoms with van der Waals surface area (Å²) in [6.07, 6.45) is 0. The average Bonchev–Trinajstić information content (AvgIpc) is 3.86. The fraction of sp³-hybridized carbons (Fsp3) is 0. The normalized spacial score (nSPS) is 11.3. The Labute approximate surface area is 301 Å². The van der Waals surface area contributed by atoms with Crippen LogP contribution in [0, 0.1) is 45.3 Å². The van der Waals surface area contributed by atoms with Crippen LogP contribution in [0.25, 0.3) is 88.1 Å². The topological polar surface area (TPSA) is 118 Å². The van der Waals surface area contributed by atoms with Gasteiger partial charge in [-0.15, -0.1) is 0 Å². The molecular weight excluding hydrogens is 653 g/mol. The van der Waals surface area contributed by atoms with Crippen LogP contribution >= 0.6 is 0 Å². The van der Waals surface area contributed by atoms with Crippen molar-refractivity contribution in [2.75, 3.05) is 0 Å². The molecule has 242 valence electrons. The van der Waals surface area contributed by atoms with Crippen LogP contribution in [0.3, 0.4) is 0 Å². The highest BCUT2D eigenvalue weighted by Gasteiger charge is 2.26. The summed E-state index contributed by atoms with van der Waals surface area (Å²) in [4.78, 5) is 0. The van der Waals surface area contributed by atoms with Crippen LogP contribution in [0.2, 0.25) is 0 Å². The number of rotatable bonds is 3. The summed E-state index contributed by atoms with van der Waals surface area (Å²) < 4.78 is 10.4. The number of nitriles is 4. The molecule has 10 rings (SSSR count). The van der Waals surface area contributed by atoms with E-state index in [9.17, 15) is 21.0 Å². The standard InChI is InChI=1S/C46H22N6O/c47-23-27-17-28(20-31(18-27)51-39-13-5-3-11-34(39)36-22-44-37(21-42(36)51)35-12-4-8-16-43(35)53-44)45-38(26-50)29(24-48)19-30(25-49)46(45)52-40-14-6-1-9-32(40)33-10-2-7-15-41(33)52/h1-22H. The van der Waals surface area contributed by atoms with Gasteiger partial charge in [0.05, 0.1) is 56.1 Å². The maximum absolute atomic E-state index is 10.8. The summed E-state index contributed by atoms with van der Waals surface area (Å²) >= 11 is 0. The predicted molar refractivity (Wildman–Crippen MR) is 207 cm³/mol. The van der Waals surface area contributed by atoms with Crippen molar-refractivity contribution in [1.29, 1.82) is 21.0 Å². The second-order valence-corrected chi connectivity index (χ2v) is 13.0. The molecule has 0 radical (unpaired) electrons. The van der Waals surface area contributed by atoms with Gasteiger partial charge in [0, 0.05) is 43.6 Å². The van der Waals surface area contributed by atoms with Crippen LogP contribution in [-0.2, 0) is 0 Å². The van der Waals surface area contributed by atoms with Gasteiger partial charge in [0.15, 0.2) is 0 Å². The van der Waals surface area contributed by atoms with Crippen molar-refractivity contribution in [3.05, 3.63) is 156 Å². The Hall–Kier alpha value is -8.10. The number of hydrogen-bond acceptors (Lipinski definition) is 5. The fourth-order valence-electron chi connectivity index (χ4n) is 8.05. The molecule has 0 unspecified atom stereocenters. The third kappa shape index (κ3) is 4.17. The Morgan fingerprint density at radius 3 is 1.68 bits per heavy atom. The third-order valence-electron chi connectivity index (χ3n) is 10.2. The van der Waals surface area contributed by atoms with Gasteiger partial charge in [-0.3, -0.25) is 0 Å². The van der Waals surface area contributed by atoms with E-state index >= 15 is 0 Å². The van der Waals surface area contributed by atoms with Gasteiger partial charge < -0.3 is 13.6 Å². The molecule has 0 N–H and O–H groups in total. The predicted octanol–water partition coefficient (Wildman–Crippen LogP) is 10.9. The molecule has 0 amide bonds. The minimum Gasteiger partial charge on any atom is -0.456 e. The highest BCUT2D eigenvalue weighted by atomic mass is 16.3. The lowest BCUT2D eigenvalue weighted by molar-refractivity contribution is 0.669.